The molecule has 0 radical (unpaired) electrons. The average Bonchev–Trinajstić information content (AvgIpc) is 2.42. The van der Waals surface area contributed by atoms with Crippen LogP contribution in [0.1, 0.15) is 35.8 Å². The lowest BCUT2D eigenvalue weighted by atomic mass is 10.2. The molecule has 1 aromatic rings. The van der Waals surface area contributed by atoms with Crippen molar-refractivity contribution in [3.63, 3.8) is 0 Å². The highest BCUT2D eigenvalue weighted by atomic mass is 79.9. The zero-order valence-electron chi connectivity index (χ0n) is 9.80. The largest absolute Gasteiger partial charge is 0.308 e. The van der Waals surface area contributed by atoms with Gasteiger partial charge in [-0.2, -0.15) is 0 Å². The summed E-state index contributed by atoms with van der Waals surface area (Å²) in [4.78, 5) is 6.40. The fourth-order valence-electron chi connectivity index (χ4n) is 1.45. The minimum absolute atomic E-state index is 0.531. The number of alkyl halides is 1. The Kier molecular flexibility index (Phi) is 5.23. The van der Waals surface area contributed by atoms with Gasteiger partial charge in [-0.25, -0.2) is 4.98 Å². The van der Waals surface area contributed by atoms with Crippen LogP contribution >= 0.6 is 27.3 Å². The smallest absolute Gasteiger partial charge is 0.107 e. The maximum absolute atomic E-state index is 4.51. The van der Waals surface area contributed by atoms with Gasteiger partial charge in [-0.1, -0.05) is 22.9 Å². The van der Waals surface area contributed by atoms with Crippen LogP contribution in [-0.4, -0.2) is 15.9 Å². The first kappa shape index (κ1) is 13.1. The van der Waals surface area contributed by atoms with E-state index in [0.29, 0.717) is 10.9 Å². The number of hydrogen-bond donors (Lipinski definition) is 1. The van der Waals surface area contributed by atoms with Crippen LogP contribution in [0.15, 0.2) is 0 Å². The Labute approximate surface area is 105 Å². The molecule has 15 heavy (non-hydrogen) atoms. The third kappa shape index (κ3) is 4.62. The number of aryl methyl sites for hydroxylation is 2. The number of aromatic nitrogens is 1. The normalized spacial score (nSPS) is 15.3. The van der Waals surface area contributed by atoms with Crippen molar-refractivity contribution in [2.45, 2.75) is 51.5 Å². The summed E-state index contributed by atoms with van der Waals surface area (Å²) in [5, 5.41) is 4.68. The van der Waals surface area contributed by atoms with Gasteiger partial charge in [0.05, 0.1) is 5.69 Å². The first-order valence-electron chi connectivity index (χ1n) is 5.29. The van der Waals surface area contributed by atoms with Gasteiger partial charge >= 0.3 is 0 Å². The van der Waals surface area contributed by atoms with E-state index in [1.165, 1.54) is 15.6 Å². The summed E-state index contributed by atoms with van der Waals surface area (Å²) in [5.74, 6) is 0. The van der Waals surface area contributed by atoms with Crippen LogP contribution in [-0.2, 0) is 6.54 Å². The van der Waals surface area contributed by atoms with Crippen LogP contribution in [0, 0.1) is 13.8 Å². The van der Waals surface area contributed by atoms with Crippen LogP contribution in [0.25, 0.3) is 0 Å². The van der Waals surface area contributed by atoms with E-state index in [2.05, 4.69) is 53.9 Å². The highest BCUT2D eigenvalue weighted by Crippen LogP contribution is 2.16. The zero-order chi connectivity index (χ0) is 11.4. The number of rotatable bonds is 5. The number of nitrogens with zero attached hydrogens (tertiary/aromatic N) is 1. The molecule has 2 nitrogen and oxygen atoms in total. The van der Waals surface area contributed by atoms with Gasteiger partial charge in [0, 0.05) is 22.3 Å². The molecule has 1 rings (SSSR count). The molecule has 1 N–H and O–H groups in total. The van der Waals surface area contributed by atoms with E-state index in [1.807, 2.05) is 0 Å². The number of nitrogens with one attached hydrogen (secondary N) is 1. The number of halogens is 1. The van der Waals surface area contributed by atoms with Crippen molar-refractivity contribution in [3.05, 3.63) is 15.6 Å². The molecular weight excluding hydrogens is 272 g/mol. The lowest BCUT2D eigenvalue weighted by Crippen LogP contribution is -2.27. The lowest BCUT2D eigenvalue weighted by Gasteiger charge is -2.13. The zero-order valence-corrected chi connectivity index (χ0v) is 12.2. The molecule has 4 heteroatoms. The molecule has 2 atom stereocenters. The lowest BCUT2D eigenvalue weighted by molar-refractivity contribution is 0.514. The minimum Gasteiger partial charge on any atom is -0.308 e. The summed E-state index contributed by atoms with van der Waals surface area (Å²) in [6.45, 7) is 9.47. The second-order valence-electron chi connectivity index (χ2n) is 4.05. The molecule has 0 aliphatic rings. The third-order valence-electron chi connectivity index (χ3n) is 2.35. The quantitative estimate of drug-likeness (QED) is 0.841. The summed E-state index contributed by atoms with van der Waals surface area (Å²) in [6, 6.07) is 0.531. The van der Waals surface area contributed by atoms with Crippen LogP contribution in [0.5, 0.6) is 0 Å². The molecule has 86 valence electrons. The third-order valence-corrected chi connectivity index (χ3v) is 3.80. The van der Waals surface area contributed by atoms with Crippen molar-refractivity contribution < 1.29 is 0 Å². The maximum Gasteiger partial charge on any atom is 0.107 e. The highest BCUT2D eigenvalue weighted by molar-refractivity contribution is 9.09. The van der Waals surface area contributed by atoms with Crippen molar-refractivity contribution in [2.75, 3.05) is 0 Å². The molecule has 0 amide bonds. The van der Waals surface area contributed by atoms with Crippen molar-refractivity contribution in [3.8, 4) is 0 Å². The predicted octanol–water partition coefficient (Wildman–Crippen LogP) is 3.41. The van der Waals surface area contributed by atoms with Gasteiger partial charge in [-0.15, -0.1) is 11.3 Å². The fraction of sp³-hybridized carbons (Fsp3) is 0.727. The van der Waals surface area contributed by atoms with Crippen molar-refractivity contribution in [2.24, 2.45) is 0 Å². The summed E-state index contributed by atoms with van der Waals surface area (Å²) in [7, 11) is 0. The Bertz CT molecular complexity index is 290. The fourth-order valence-corrected chi connectivity index (χ4v) is 2.89. The summed E-state index contributed by atoms with van der Waals surface area (Å²) >= 11 is 5.35. The monoisotopic (exact) mass is 290 g/mol. The van der Waals surface area contributed by atoms with Gasteiger partial charge in [0.2, 0.25) is 0 Å². The van der Waals surface area contributed by atoms with Gasteiger partial charge in [0.15, 0.2) is 0 Å². The van der Waals surface area contributed by atoms with Gasteiger partial charge in [-0.05, 0) is 27.2 Å². The Hall–Kier alpha value is 0.0700. The van der Waals surface area contributed by atoms with E-state index in [9.17, 15) is 0 Å². The molecule has 1 heterocycles. The first-order valence-corrected chi connectivity index (χ1v) is 7.02. The van der Waals surface area contributed by atoms with Gasteiger partial charge in [0.1, 0.15) is 5.01 Å². The molecule has 0 saturated heterocycles. The number of hydrogen-bond acceptors (Lipinski definition) is 3. The second kappa shape index (κ2) is 5.97. The Morgan fingerprint density at radius 1 is 1.40 bits per heavy atom. The van der Waals surface area contributed by atoms with E-state index < -0.39 is 0 Å². The summed E-state index contributed by atoms with van der Waals surface area (Å²) in [5.41, 5.74) is 1.17. The molecule has 1 aromatic heterocycles. The molecule has 0 aliphatic heterocycles. The van der Waals surface area contributed by atoms with E-state index in [0.717, 1.165) is 13.0 Å². The molecule has 0 aliphatic carbocycles. The van der Waals surface area contributed by atoms with Gasteiger partial charge in [0.25, 0.3) is 0 Å². The minimum atomic E-state index is 0.531. The van der Waals surface area contributed by atoms with Crippen LogP contribution < -0.4 is 5.32 Å². The van der Waals surface area contributed by atoms with Crippen LogP contribution in [0.3, 0.4) is 0 Å². The van der Waals surface area contributed by atoms with Crippen LogP contribution in [0.4, 0.5) is 0 Å². The molecule has 2 unspecified atom stereocenters. The molecule has 0 bridgehead atoms. The molecule has 0 spiro atoms. The van der Waals surface area contributed by atoms with E-state index >= 15 is 0 Å². The van der Waals surface area contributed by atoms with Gasteiger partial charge < -0.3 is 5.32 Å². The molecule has 0 saturated carbocycles. The highest BCUT2D eigenvalue weighted by Gasteiger charge is 2.07. The molecule has 0 fully saturated rings. The number of thiazole rings is 1. The van der Waals surface area contributed by atoms with Gasteiger partial charge in [-0.3, -0.25) is 0 Å². The maximum atomic E-state index is 4.51. The van der Waals surface area contributed by atoms with Crippen molar-refractivity contribution in [1.82, 2.24) is 10.3 Å². The van der Waals surface area contributed by atoms with E-state index in [-0.39, 0.29) is 0 Å². The second-order valence-corrected chi connectivity index (χ2v) is 6.90. The predicted molar refractivity (Wildman–Crippen MR) is 70.9 cm³/mol. The molecular formula is C11H19BrN2S. The molecule has 0 aromatic carbocycles. The van der Waals surface area contributed by atoms with E-state index in [1.54, 1.807) is 11.3 Å². The standard InChI is InChI=1S/C11H19BrN2S/c1-7(12)5-8(2)13-6-11-14-9(3)10(4)15-11/h7-8,13H,5-6H2,1-4H3. The SMILES string of the molecule is Cc1nc(CNC(C)CC(C)Br)sc1C. The van der Waals surface area contributed by atoms with Crippen molar-refractivity contribution >= 4 is 27.3 Å². The average molecular weight is 291 g/mol. The van der Waals surface area contributed by atoms with E-state index in [4.69, 9.17) is 0 Å². The van der Waals surface area contributed by atoms with Crippen LogP contribution in [0.2, 0.25) is 0 Å². The Morgan fingerprint density at radius 2 is 2.07 bits per heavy atom. The Morgan fingerprint density at radius 3 is 2.53 bits per heavy atom. The van der Waals surface area contributed by atoms with Crippen molar-refractivity contribution in [1.29, 1.82) is 0 Å². The summed E-state index contributed by atoms with van der Waals surface area (Å²) < 4.78 is 0. The topological polar surface area (TPSA) is 24.9 Å². The summed E-state index contributed by atoms with van der Waals surface area (Å²) in [6.07, 6.45) is 1.14. The first-order chi connectivity index (χ1) is 6.99. The Balaban J connectivity index is 2.36.